The second-order valence-electron chi connectivity index (χ2n) is 5.73. The van der Waals surface area contributed by atoms with Crippen LogP contribution in [0.15, 0.2) is 48.5 Å². The van der Waals surface area contributed by atoms with Crippen molar-refractivity contribution in [3.05, 3.63) is 70.8 Å². The zero-order valence-electron chi connectivity index (χ0n) is 13.8. The standard InChI is InChI=1S/C18H18F3NO2S/c1-22(11-15-7-3-4-9-16(15)18(19,20)21)17(23)14-8-5-6-13(10-14)12-25(2)24/h3-10H,11-12H2,1-2H3. The number of benzene rings is 2. The number of rotatable bonds is 5. The number of nitrogens with zero attached hydrogens (tertiary/aromatic N) is 1. The Bertz CT molecular complexity index is 790. The van der Waals surface area contributed by atoms with Crippen molar-refractivity contribution in [2.75, 3.05) is 13.3 Å². The van der Waals surface area contributed by atoms with Crippen molar-refractivity contribution in [2.24, 2.45) is 0 Å². The van der Waals surface area contributed by atoms with E-state index in [0.717, 1.165) is 11.6 Å². The first-order chi connectivity index (χ1) is 11.7. The highest BCUT2D eigenvalue weighted by molar-refractivity contribution is 7.83. The molecule has 134 valence electrons. The number of hydrogen-bond donors (Lipinski definition) is 0. The van der Waals surface area contributed by atoms with Crippen LogP contribution < -0.4 is 0 Å². The zero-order chi connectivity index (χ0) is 18.6. The lowest BCUT2D eigenvalue weighted by Crippen LogP contribution is -2.27. The molecule has 0 heterocycles. The van der Waals surface area contributed by atoms with E-state index in [2.05, 4.69) is 0 Å². The minimum atomic E-state index is -4.47. The molecule has 0 radical (unpaired) electrons. The van der Waals surface area contributed by atoms with Crippen LogP contribution in [-0.2, 0) is 29.3 Å². The predicted molar refractivity (Wildman–Crippen MR) is 91.5 cm³/mol. The lowest BCUT2D eigenvalue weighted by molar-refractivity contribution is -0.138. The SMILES string of the molecule is CN(Cc1ccccc1C(F)(F)F)C(=O)c1cccc(CS(C)=O)c1. The van der Waals surface area contributed by atoms with Crippen molar-refractivity contribution in [2.45, 2.75) is 18.5 Å². The molecule has 0 aliphatic heterocycles. The van der Waals surface area contributed by atoms with E-state index in [1.807, 2.05) is 0 Å². The van der Waals surface area contributed by atoms with E-state index in [9.17, 15) is 22.2 Å². The maximum Gasteiger partial charge on any atom is 0.416 e. The highest BCUT2D eigenvalue weighted by Gasteiger charge is 2.33. The van der Waals surface area contributed by atoms with Gasteiger partial charge in [-0.05, 0) is 29.3 Å². The summed E-state index contributed by atoms with van der Waals surface area (Å²) in [5, 5.41) is 0. The largest absolute Gasteiger partial charge is 0.416 e. The fraction of sp³-hybridized carbons (Fsp3) is 0.278. The van der Waals surface area contributed by atoms with Crippen LogP contribution in [0.3, 0.4) is 0 Å². The summed E-state index contributed by atoms with van der Waals surface area (Å²) in [6.07, 6.45) is -2.90. The average molecular weight is 369 g/mol. The summed E-state index contributed by atoms with van der Waals surface area (Å²) < 4.78 is 50.5. The second-order valence-corrected chi connectivity index (χ2v) is 7.17. The normalized spacial score (nSPS) is 12.7. The second kappa shape index (κ2) is 7.82. The average Bonchev–Trinajstić information content (AvgIpc) is 2.53. The van der Waals surface area contributed by atoms with Gasteiger partial charge in [-0.1, -0.05) is 30.3 Å². The molecule has 1 amide bonds. The number of carbonyl (C=O) groups excluding carboxylic acids is 1. The van der Waals surface area contributed by atoms with Gasteiger partial charge in [0.25, 0.3) is 5.91 Å². The molecule has 2 rings (SSSR count). The molecule has 0 aliphatic rings. The van der Waals surface area contributed by atoms with Crippen molar-refractivity contribution < 1.29 is 22.2 Å². The fourth-order valence-corrected chi connectivity index (χ4v) is 3.16. The first-order valence-electron chi connectivity index (χ1n) is 7.48. The van der Waals surface area contributed by atoms with E-state index in [4.69, 9.17) is 0 Å². The van der Waals surface area contributed by atoms with Crippen LogP contribution in [0.4, 0.5) is 13.2 Å². The molecule has 1 atom stereocenters. The number of hydrogen-bond acceptors (Lipinski definition) is 2. The monoisotopic (exact) mass is 369 g/mol. The molecule has 0 aromatic heterocycles. The third-order valence-electron chi connectivity index (χ3n) is 3.62. The van der Waals surface area contributed by atoms with Crippen LogP contribution in [0, 0.1) is 0 Å². The Morgan fingerprint density at radius 1 is 1.12 bits per heavy atom. The van der Waals surface area contributed by atoms with Gasteiger partial charge in [0.1, 0.15) is 0 Å². The summed E-state index contributed by atoms with van der Waals surface area (Å²) in [7, 11) is 0.415. The predicted octanol–water partition coefficient (Wildman–Crippen LogP) is 3.86. The molecule has 0 bridgehead atoms. The van der Waals surface area contributed by atoms with Crippen LogP contribution in [0.2, 0.25) is 0 Å². The van der Waals surface area contributed by atoms with Gasteiger partial charge in [-0.15, -0.1) is 0 Å². The van der Waals surface area contributed by atoms with Gasteiger partial charge < -0.3 is 4.90 Å². The van der Waals surface area contributed by atoms with Gasteiger partial charge in [-0.25, -0.2) is 0 Å². The molecule has 0 saturated carbocycles. The van der Waals surface area contributed by atoms with Gasteiger partial charge in [-0.2, -0.15) is 13.2 Å². The molecule has 2 aromatic rings. The maximum atomic E-state index is 13.1. The van der Waals surface area contributed by atoms with Crippen molar-refractivity contribution in [3.8, 4) is 0 Å². The summed E-state index contributed by atoms with van der Waals surface area (Å²) in [4.78, 5) is 13.8. The van der Waals surface area contributed by atoms with E-state index in [0.29, 0.717) is 11.3 Å². The smallest absolute Gasteiger partial charge is 0.337 e. The third-order valence-corrected chi connectivity index (χ3v) is 4.36. The van der Waals surface area contributed by atoms with E-state index in [-0.39, 0.29) is 18.0 Å². The van der Waals surface area contributed by atoms with Gasteiger partial charge >= 0.3 is 6.18 Å². The Balaban J connectivity index is 2.21. The van der Waals surface area contributed by atoms with Crippen LogP contribution in [0.25, 0.3) is 0 Å². The van der Waals surface area contributed by atoms with Crippen LogP contribution in [0.5, 0.6) is 0 Å². The Hall–Kier alpha value is -2.15. The van der Waals surface area contributed by atoms with Crippen LogP contribution in [-0.4, -0.2) is 28.3 Å². The van der Waals surface area contributed by atoms with E-state index in [1.54, 1.807) is 30.5 Å². The number of amides is 1. The quantitative estimate of drug-likeness (QED) is 0.803. The lowest BCUT2D eigenvalue weighted by Gasteiger charge is -2.20. The van der Waals surface area contributed by atoms with Gasteiger partial charge in [0.2, 0.25) is 0 Å². The van der Waals surface area contributed by atoms with Crippen molar-refractivity contribution in [1.82, 2.24) is 4.90 Å². The Morgan fingerprint density at radius 3 is 2.44 bits per heavy atom. The molecular weight excluding hydrogens is 351 g/mol. The minimum absolute atomic E-state index is 0.0386. The van der Waals surface area contributed by atoms with Crippen LogP contribution in [0.1, 0.15) is 27.0 Å². The molecule has 0 saturated heterocycles. The van der Waals surface area contributed by atoms with Gasteiger partial charge in [0.15, 0.2) is 0 Å². The van der Waals surface area contributed by atoms with E-state index in [1.165, 1.54) is 30.1 Å². The fourth-order valence-electron chi connectivity index (χ4n) is 2.51. The molecule has 25 heavy (non-hydrogen) atoms. The van der Waals surface area contributed by atoms with Gasteiger partial charge in [0.05, 0.1) is 5.56 Å². The number of carbonyl (C=O) groups is 1. The van der Waals surface area contributed by atoms with Gasteiger partial charge in [0, 0.05) is 42.0 Å². The Morgan fingerprint density at radius 2 is 1.80 bits per heavy atom. The maximum absolute atomic E-state index is 13.1. The van der Waals surface area contributed by atoms with Gasteiger partial charge in [-0.3, -0.25) is 9.00 Å². The molecule has 0 fully saturated rings. The lowest BCUT2D eigenvalue weighted by atomic mass is 10.1. The van der Waals surface area contributed by atoms with Crippen molar-refractivity contribution in [3.63, 3.8) is 0 Å². The topological polar surface area (TPSA) is 37.4 Å². The zero-order valence-corrected chi connectivity index (χ0v) is 14.7. The number of alkyl halides is 3. The summed E-state index contributed by atoms with van der Waals surface area (Å²) in [6.45, 7) is -0.154. The third kappa shape index (κ3) is 5.16. The minimum Gasteiger partial charge on any atom is -0.337 e. The summed E-state index contributed by atoms with van der Waals surface area (Å²) >= 11 is 0. The molecule has 3 nitrogen and oxygen atoms in total. The first kappa shape index (κ1) is 19.2. The van der Waals surface area contributed by atoms with Crippen LogP contribution >= 0.6 is 0 Å². The Kier molecular flexibility index (Phi) is 6.00. The highest BCUT2D eigenvalue weighted by Crippen LogP contribution is 2.32. The molecule has 2 aromatic carbocycles. The molecule has 0 aliphatic carbocycles. The Labute approximate surface area is 146 Å². The van der Waals surface area contributed by atoms with E-state index < -0.39 is 22.5 Å². The molecule has 7 heteroatoms. The summed E-state index contributed by atoms with van der Waals surface area (Å²) in [6, 6.07) is 11.9. The molecular formula is C18H18F3NO2S. The molecule has 1 unspecified atom stereocenters. The number of halogens is 3. The first-order valence-corrected chi connectivity index (χ1v) is 9.20. The van der Waals surface area contributed by atoms with E-state index >= 15 is 0 Å². The molecule has 0 N–H and O–H groups in total. The molecule has 0 spiro atoms. The summed E-state index contributed by atoms with van der Waals surface area (Å²) in [5.41, 5.74) is 0.396. The summed E-state index contributed by atoms with van der Waals surface area (Å²) in [5.74, 6) is -0.0671. The van der Waals surface area contributed by atoms with Crippen molar-refractivity contribution in [1.29, 1.82) is 0 Å². The van der Waals surface area contributed by atoms with Crippen molar-refractivity contribution >= 4 is 16.7 Å². The highest BCUT2D eigenvalue weighted by atomic mass is 32.2.